The van der Waals surface area contributed by atoms with E-state index in [-0.39, 0.29) is 12.6 Å². The molecule has 2 atom stereocenters. The third kappa shape index (κ3) is 3.83. The zero-order valence-electron chi connectivity index (χ0n) is 12.9. The Morgan fingerprint density at radius 2 is 1.95 bits per heavy atom. The molecule has 1 aliphatic rings. The molecule has 0 bridgehead atoms. The Kier molecular flexibility index (Phi) is 5.52. The van der Waals surface area contributed by atoms with Crippen LogP contribution in [0.5, 0.6) is 0 Å². The number of sulfonamides is 1. The van der Waals surface area contributed by atoms with Gasteiger partial charge in [-0.15, -0.1) is 0 Å². The Balaban J connectivity index is 2.06. The van der Waals surface area contributed by atoms with Gasteiger partial charge in [0.2, 0.25) is 10.0 Å². The van der Waals surface area contributed by atoms with Crippen molar-refractivity contribution < 1.29 is 17.2 Å². The highest BCUT2D eigenvalue weighted by Gasteiger charge is 2.27. The van der Waals surface area contributed by atoms with Crippen LogP contribution in [0.3, 0.4) is 0 Å². The van der Waals surface area contributed by atoms with Crippen molar-refractivity contribution in [3.8, 4) is 0 Å². The van der Waals surface area contributed by atoms with Crippen LogP contribution in [-0.2, 0) is 10.0 Å². The van der Waals surface area contributed by atoms with Gasteiger partial charge >= 0.3 is 0 Å². The fourth-order valence-electron chi connectivity index (χ4n) is 2.93. The third-order valence-corrected chi connectivity index (χ3v) is 5.65. The molecule has 0 radical (unpaired) electrons. The molecule has 0 saturated carbocycles. The molecule has 7 heteroatoms. The number of nitrogens with one attached hydrogen (secondary N) is 1. The maximum Gasteiger partial charge on any atom is 0.246 e. The van der Waals surface area contributed by atoms with E-state index in [0.29, 0.717) is 6.04 Å². The van der Waals surface area contributed by atoms with Crippen LogP contribution < -0.4 is 4.72 Å². The molecule has 4 nitrogen and oxygen atoms in total. The van der Waals surface area contributed by atoms with Gasteiger partial charge in [0.25, 0.3) is 0 Å². The molecule has 2 rings (SSSR count). The molecule has 1 saturated heterocycles. The van der Waals surface area contributed by atoms with Crippen molar-refractivity contribution >= 4 is 10.0 Å². The first kappa shape index (κ1) is 17.3. The molecule has 0 aliphatic carbocycles. The Bertz CT molecular complexity index is 602. The zero-order valence-corrected chi connectivity index (χ0v) is 13.7. The molecule has 22 heavy (non-hydrogen) atoms. The van der Waals surface area contributed by atoms with Crippen molar-refractivity contribution in [1.82, 2.24) is 9.62 Å². The maximum absolute atomic E-state index is 13.6. The third-order valence-electron chi connectivity index (χ3n) is 4.18. The molecule has 1 N–H and O–H groups in total. The first-order valence-electron chi connectivity index (χ1n) is 7.52. The highest BCUT2D eigenvalue weighted by Crippen LogP contribution is 2.20. The number of benzene rings is 1. The van der Waals surface area contributed by atoms with Crippen LogP contribution in [-0.4, -0.2) is 38.5 Å². The smallest absolute Gasteiger partial charge is 0.246 e. The average molecular weight is 332 g/mol. The SMILES string of the molecule is C[C@H]1CCCCN1[C@@H](C)CNS(=O)(=O)c1c(F)cccc1F. The quantitative estimate of drug-likeness (QED) is 0.901. The monoisotopic (exact) mass is 332 g/mol. The summed E-state index contributed by atoms with van der Waals surface area (Å²) in [5, 5.41) is 0. The number of halogens is 2. The van der Waals surface area contributed by atoms with Crippen molar-refractivity contribution in [3.63, 3.8) is 0 Å². The van der Waals surface area contributed by atoms with Crippen LogP contribution in [0.2, 0.25) is 0 Å². The van der Waals surface area contributed by atoms with Gasteiger partial charge in [-0.25, -0.2) is 21.9 Å². The molecule has 0 amide bonds. The van der Waals surface area contributed by atoms with Gasteiger partial charge in [-0.05, 0) is 45.4 Å². The standard InChI is InChI=1S/C15H22F2N2O2S/c1-11-6-3-4-9-19(11)12(2)10-18-22(20,21)15-13(16)7-5-8-14(15)17/h5,7-8,11-12,18H,3-4,6,9-10H2,1-2H3/t11-,12-/m0/s1. The van der Waals surface area contributed by atoms with Crippen LogP contribution in [0.15, 0.2) is 23.1 Å². The van der Waals surface area contributed by atoms with E-state index in [0.717, 1.165) is 37.6 Å². The van der Waals surface area contributed by atoms with Gasteiger partial charge in [0, 0.05) is 18.6 Å². The number of nitrogens with zero attached hydrogens (tertiary/aromatic N) is 1. The lowest BCUT2D eigenvalue weighted by molar-refractivity contribution is 0.116. The maximum atomic E-state index is 13.6. The summed E-state index contributed by atoms with van der Waals surface area (Å²) in [7, 11) is -4.20. The molecule has 1 heterocycles. The summed E-state index contributed by atoms with van der Waals surface area (Å²) in [6, 6.07) is 3.38. The fraction of sp³-hybridized carbons (Fsp3) is 0.600. The highest BCUT2D eigenvalue weighted by atomic mass is 32.2. The summed E-state index contributed by atoms with van der Waals surface area (Å²) in [5.41, 5.74) is 0. The first-order chi connectivity index (χ1) is 10.3. The van der Waals surface area contributed by atoms with E-state index < -0.39 is 26.6 Å². The minimum absolute atomic E-state index is 0.0279. The van der Waals surface area contributed by atoms with E-state index in [2.05, 4.69) is 16.5 Å². The molecule has 1 fully saturated rings. The highest BCUT2D eigenvalue weighted by molar-refractivity contribution is 7.89. The Hall–Kier alpha value is -1.05. The summed E-state index contributed by atoms with van der Waals surface area (Å²) in [5.74, 6) is -2.15. The van der Waals surface area contributed by atoms with E-state index in [4.69, 9.17) is 0 Å². The Morgan fingerprint density at radius 1 is 1.32 bits per heavy atom. The predicted octanol–water partition coefficient (Wildman–Crippen LogP) is 2.51. The van der Waals surface area contributed by atoms with Crippen molar-refractivity contribution in [2.24, 2.45) is 0 Å². The van der Waals surface area contributed by atoms with Crippen LogP contribution in [0.25, 0.3) is 0 Å². The molecule has 0 spiro atoms. The van der Waals surface area contributed by atoms with E-state index in [1.807, 2.05) is 6.92 Å². The Morgan fingerprint density at radius 3 is 2.55 bits per heavy atom. The van der Waals surface area contributed by atoms with Gasteiger partial charge in [0.05, 0.1) is 0 Å². The van der Waals surface area contributed by atoms with Crippen LogP contribution in [0.4, 0.5) is 8.78 Å². The summed E-state index contributed by atoms with van der Waals surface area (Å²) < 4.78 is 53.8. The lowest BCUT2D eigenvalue weighted by Gasteiger charge is -2.38. The first-order valence-corrected chi connectivity index (χ1v) is 9.00. The van der Waals surface area contributed by atoms with Gasteiger partial charge in [-0.2, -0.15) is 0 Å². The molecule has 124 valence electrons. The predicted molar refractivity (Wildman–Crippen MR) is 81.0 cm³/mol. The van der Waals surface area contributed by atoms with Gasteiger partial charge in [-0.3, -0.25) is 4.90 Å². The number of rotatable bonds is 5. The van der Waals surface area contributed by atoms with E-state index >= 15 is 0 Å². The van der Waals surface area contributed by atoms with Crippen molar-refractivity contribution in [3.05, 3.63) is 29.8 Å². The van der Waals surface area contributed by atoms with Crippen molar-refractivity contribution in [2.75, 3.05) is 13.1 Å². The van der Waals surface area contributed by atoms with Crippen molar-refractivity contribution in [2.45, 2.75) is 50.1 Å². The molecule has 1 aliphatic heterocycles. The van der Waals surface area contributed by atoms with Crippen LogP contribution in [0.1, 0.15) is 33.1 Å². The number of piperidine rings is 1. The van der Waals surface area contributed by atoms with Gasteiger partial charge in [-0.1, -0.05) is 12.5 Å². The van der Waals surface area contributed by atoms with Crippen LogP contribution >= 0.6 is 0 Å². The summed E-state index contributed by atoms with van der Waals surface area (Å²) in [6.45, 7) is 5.07. The normalized spacial score (nSPS) is 21.7. The van der Waals surface area contributed by atoms with Gasteiger partial charge in [0.15, 0.2) is 4.90 Å². The lowest BCUT2D eigenvalue weighted by atomic mass is 10.0. The molecule has 1 aromatic rings. The Labute approximate surface area is 130 Å². The van der Waals surface area contributed by atoms with Gasteiger partial charge in [0.1, 0.15) is 11.6 Å². The number of hydrogen-bond donors (Lipinski definition) is 1. The lowest BCUT2D eigenvalue weighted by Crippen LogP contribution is -2.48. The zero-order chi connectivity index (χ0) is 16.3. The summed E-state index contributed by atoms with van der Waals surface area (Å²) in [6.07, 6.45) is 3.35. The minimum atomic E-state index is -4.20. The second-order valence-corrected chi connectivity index (χ2v) is 7.54. The molecular formula is C15H22F2N2O2S. The van der Waals surface area contributed by atoms with Gasteiger partial charge < -0.3 is 0 Å². The molecule has 0 aromatic heterocycles. The second kappa shape index (κ2) is 7.02. The van der Waals surface area contributed by atoms with Crippen LogP contribution in [0, 0.1) is 11.6 Å². The second-order valence-electron chi connectivity index (χ2n) is 5.83. The van der Waals surface area contributed by atoms with E-state index in [1.54, 1.807) is 0 Å². The average Bonchev–Trinajstić information content (AvgIpc) is 2.45. The fourth-order valence-corrected chi connectivity index (χ4v) is 4.19. The molecule has 0 unspecified atom stereocenters. The van der Waals surface area contributed by atoms with E-state index in [9.17, 15) is 17.2 Å². The molecule has 1 aromatic carbocycles. The number of hydrogen-bond acceptors (Lipinski definition) is 3. The topological polar surface area (TPSA) is 49.4 Å². The van der Waals surface area contributed by atoms with Crippen molar-refractivity contribution in [1.29, 1.82) is 0 Å². The number of likely N-dealkylation sites (tertiary alicyclic amines) is 1. The minimum Gasteiger partial charge on any atom is -0.297 e. The molecular weight excluding hydrogens is 310 g/mol. The summed E-state index contributed by atoms with van der Waals surface area (Å²) >= 11 is 0. The largest absolute Gasteiger partial charge is 0.297 e. The van der Waals surface area contributed by atoms with E-state index in [1.165, 1.54) is 6.42 Å². The summed E-state index contributed by atoms with van der Waals surface area (Å²) in [4.78, 5) is 1.32.